The zero-order valence-corrected chi connectivity index (χ0v) is 14.0. The Morgan fingerprint density at radius 1 is 1.29 bits per heavy atom. The van der Waals surface area contributed by atoms with Crippen LogP contribution in [0, 0.1) is 0 Å². The Morgan fingerprint density at radius 3 is 2.62 bits per heavy atom. The van der Waals surface area contributed by atoms with E-state index in [4.69, 9.17) is 9.52 Å². The minimum absolute atomic E-state index is 0.0165. The quantitative estimate of drug-likeness (QED) is 0.436. The van der Waals surface area contributed by atoms with Crippen LogP contribution in [0.15, 0.2) is 40.8 Å². The molecule has 6 heteroatoms. The summed E-state index contributed by atoms with van der Waals surface area (Å²) in [6.07, 6.45) is -0.496. The fraction of sp³-hybridized carbons (Fsp3) is 0.389. The van der Waals surface area contributed by atoms with Crippen LogP contribution in [0.3, 0.4) is 0 Å². The van der Waals surface area contributed by atoms with E-state index in [2.05, 4.69) is 10.6 Å². The Hall–Kier alpha value is -2.15. The molecule has 2 aromatic rings. The maximum absolute atomic E-state index is 12.4. The van der Waals surface area contributed by atoms with Gasteiger partial charge < -0.3 is 19.9 Å². The van der Waals surface area contributed by atoms with Gasteiger partial charge >= 0.3 is 0 Å². The normalized spacial score (nSPS) is 13.5. The molecule has 0 fully saturated rings. The van der Waals surface area contributed by atoms with Crippen LogP contribution in [0.4, 0.5) is 0 Å². The van der Waals surface area contributed by atoms with E-state index in [1.54, 1.807) is 13.1 Å². The molecule has 0 radical (unpaired) electrons. The van der Waals surface area contributed by atoms with Gasteiger partial charge in [0.1, 0.15) is 11.5 Å². The maximum atomic E-state index is 12.4. The SMILES string of the molecule is CNC(O)c1cc(C(=O)NCCCO)c([C@@H](C)c2ccccc2)o1. The highest BCUT2D eigenvalue weighted by Crippen LogP contribution is 2.31. The molecular formula is C18H24N2O4. The zero-order valence-electron chi connectivity index (χ0n) is 14.0. The third kappa shape index (κ3) is 4.23. The molecule has 24 heavy (non-hydrogen) atoms. The van der Waals surface area contributed by atoms with Crippen molar-refractivity contribution >= 4 is 5.91 Å². The van der Waals surface area contributed by atoms with Crippen LogP contribution in [0.25, 0.3) is 0 Å². The number of hydrogen-bond acceptors (Lipinski definition) is 5. The van der Waals surface area contributed by atoms with Crippen molar-refractivity contribution in [3.63, 3.8) is 0 Å². The van der Waals surface area contributed by atoms with Crippen molar-refractivity contribution in [2.75, 3.05) is 20.2 Å². The smallest absolute Gasteiger partial charge is 0.254 e. The number of hydrogen-bond donors (Lipinski definition) is 4. The average Bonchev–Trinajstić information content (AvgIpc) is 3.06. The summed E-state index contributed by atoms with van der Waals surface area (Å²) in [5, 5.41) is 24.2. The van der Waals surface area contributed by atoms with E-state index in [1.807, 2.05) is 37.3 Å². The molecule has 1 aromatic carbocycles. The van der Waals surface area contributed by atoms with Gasteiger partial charge in [0, 0.05) is 19.1 Å². The number of carbonyl (C=O) groups is 1. The molecule has 1 heterocycles. The minimum atomic E-state index is -0.981. The van der Waals surface area contributed by atoms with Crippen molar-refractivity contribution in [3.05, 3.63) is 59.0 Å². The molecule has 1 amide bonds. The lowest BCUT2D eigenvalue weighted by Crippen LogP contribution is -2.25. The lowest BCUT2D eigenvalue weighted by atomic mass is 9.96. The summed E-state index contributed by atoms with van der Waals surface area (Å²) in [7, 11) is 1.61. The highest BCUT2D eigenvalue weighted by Gasteiger charge is 2.25. The minimum Gasteiger partial charge on any atom is -0.460 e. The summed E-state index contributed by atoms with van der Waals surface area (Å²) in [6.45, 7) is 2.35. The number of aliphatic hydroxyl groups excluding tert-OH is 2. The molecule has 0 aliphatic carbocycles. The Balaban J connectivity index is 2.33. The number of aliphatic hydroxyl groups is 2. The molecule has 1 aromatic heterocycles. The molecule has 0 saturated carbocycles. The van der Waals surface area contributed by atoms with Gasteiger partial charge in [-0.1, -0.05) is 37.3 Å². The predicted octanol–water partition coefficient (Wildman–Crippen LogP) is 1.75. The Bertz CT molecular complexity index is 654. The van der Waals surface area contributed by atoms with Crippen LogP contribution >= 0.6 is 0 Å². The fourth-order valence-corrected chi connectivity index (χ4v) is 2.47. The Morgan fingerprint density at radius 2 is 2.00 bits per heavy atom. The molecule has 4 N–H and O–H groups in total. The van der Waals surface area contributed by atoms with E-state index >= 15 is 0 Å². The van der Waals surface area contributed by atoms with Crippen molar-refractivity contribution in [1.29, 1.82) is 0 Å². The standard InChI is InChI=1S/C18H24N2O4/c1-12(13-7-4-3-5-8-13)16-14(17(22)20-9-6-10-21)11-15(24-16)18(23)19-2/h3-5,7-8,11-12,18-19,21,23H,6,9-10H2,1-2H3,(H,20,22)/t12-,18?/m0/s1. The average molecular weight is 332 g/mol. The number of nitrogens with one attached hydrogen (secondary N) is 2. The summed E-state index contributed by atoms with van der Waals surface area (Å²) < 4.78 is 5.79. The monoisotopic (exact) mass is 332 g/mol. The van der Waals surface area contributed by atoms with Crippen molar-refractivity contribution < 1.29 is 19.4 Å². The van der Waals surface area contributed by atoms with E-state index in [-0.39, 0.29) is 18.4 Å². The summed E-state index contributed by atoms with van der Waals surface area (Å²) >= 11 is 0. The van der Waals surface area contributed by atoms with Crippen LogP contribution < -0.4 is 10.6 Å². The zero-order chi connectivity index (χ0) is 17.5. The largest absolute Gasteiger partial charge is 0.460 e. The lowest BCUT2D eigenvalue weighted by Gasteiger charge is -2.12. The highest BCUT2D eigenvalue weighted by atomic mass is 16.4. The molecule has 0 aliphatic rings. The third-order valence-corrected chi connectivity index (χ3v) is 3.88. The van der Waals surface area contributed by atoms with Gasteiger partial charge in [-0.25, -0.2) is 0 Å². The number of furan rings is 1. The number of carbonyl (C=O) groups excluding carboxylic acids is 1. The van der Waals surface area contributed by atoms with Crippen molar-refractivity contribution in [1.82, 2.24) is 10.6 Å². The van der Waals surface area contributed by atoms with E-state index in [0.717, 1.165) is 5.56 Å². The summed E-state index contributed by atoms with van der Waals surface area (Å²) in [5.74, 6) is 0.386. The van der Waals surface area contributed by atoms with Gasteiger partial charge in [-0.3, -0.25) is 10.1 Å². The second-order valence-corrected chi connectivity index (χ2v) is 5.58. The topological polar surface area (TPSA) is 94.7 Å². The van der Waals surface area contributed by atoms with E-state index in [9.17, 15) is 9.90 Å². The summed E-state index contributed by atoms with van der Waals surface area (Å²) in [6, 6.07) is 11.3. The molecule has 0 spiro atoms. The number of amides is 1. The first-order valence-electron chi connectivity index (χ1n) is 8.01. The van der Waals surface area contributed by atoms with E-state index in [0.29, 0.717) is 30.0 Å². The first-order chi connectivity index (χ1) is 11.6. The predicted molar refractivity (Wildman–Crippen MR) is 90.7 cm³/mol. The van der Waals surface area contributed by atoms with Crippen LogP contribution in [0.5, 0.6) is 0 Å². The summed E-state index contributed by atoms with van der Waals surface area (Å²) in [5.41, 5.74) is 1.41. The number of benzene rings is 1. The first kappa shape index (κ1) is 18.2. The van der Waals surface area contributed by atoms with Gasteiger partial charge in [-0.05, 0) is 25.1 Å². The van der Waals surface area contributed by atoms with Gasteiger partial charge in [0.25, 0.3) is 5.91 Å². The Kier molecular flexibility index (Phi) is 6.54. The molecular weight excluding hydrogens is 308 g/mol. The Labute approximate surface area is 141 Å². The highest BCUT2D eigenvalue weighted by molar-refractivity contribution is 5.95. The van der Waals surface area contributed by atoms with E-state index in [1.165, 1.54) is 0 Å². The van der Waals surface area contributed by atoms with Crippen LogP contribution in [-0.2, 0) is 0 Å². The molecule has 0 saturated heterocycles. The molecule has 1 unspecified atom stereocenters. The van der Waals surface area contributed by atoms with Crippen LogP contribution in [-0.4, -0.2) is 36.3 Å². The van der Waals surface area contributed by atoms with Gasteiger partial charge in [0.05, 0.1) is 5.56 Å². The molecule has 0 aliphatic heterocycles. The van der Waals surface area contributed by atoms with Gasteiger partial charge in [0.15, 0.2) is 6.23 Å². The maximum Gasteiger partial charge on any atom is 0.254 e. The fourth-order valence-electron chi connectivity index (χ4n) is 2.47. The molecule has 2 rings (SSSR count). The van der Waals surface area contributed by atoms with Gasteiger partial charge in [-0.15, -0.1) is 0 Å². The third-order valence-electron chi connectivity index (χ3n) is 3.88. The van der Waals surface area contributed by atoms with Crippen molar-refractivity contribution in [2.45, 2.75) is 25.5 Å². The molecule has 6 nitrogen and oxygen atoms in total. The van der Waals surface area contributed by atoms with Crippen LogP contribution in [0.1, 0.15) is 52.9 Å². The summed E-state index contributed by atoms with van der Waals surface area (Å²) in [4.78, 5) is 12.4. The van der Waals surface area contributed by atoms with Gasteiger partial charge in [0.2, 0.25) is 0 Å². The van der Waals surface area contributed by atoms with Crippen molar-refractivity contribution in [2.24, 2.45) is 0 Å². The lowest BCUT2D eigenvalue weighted by molar-refractivity contribution is 0.0948. The van der Waals surface area contributed by atoms with E-state index < -0.39 is 6.23 Å². The van der Waals surface area contributed by atoms with Crippen LogP contribution in [0.2, 0.25) is 0 Å². The molecule has 0 bridgehead atoms. The van der Waals surface area contributed by atoms with Gasteiger partial charge in [-0.2, -0.15) is 0 Å². The number of rotatable bonds is 8. The second-order valence-electron chi connectivity index (χ2n) is 5.58. The second kappa shape index (κ2) is 8.63. The van der Waals surface area contributed by atoms with Crippen molar-refractivity contribution in [3.8, 4) is 0 Å². The molecule has 2 atom stereocenters. The molecule has 130 valence electrons. The first-order valence-corrected chi connectivity index (χ1v) is 8.01.